The summed E-state index contributed by atoms with van der Waals surface area (Å²) in [6.07, 6.45) is 17.3. The number of amides is 1. The van der Waals surface area contributed by atoms with Crippen molar-refractivity contribution >= 4 is 30.4 Å². The molecule has 1 saturated heterocycles. The second kappa shape index (κ2) is 18.6. The van der Waals surface area contributed by atoms with Gasteiger partial charge in [-0.25, -0.2) is 0 Å². The van der Waals surface area contributed by atoms with E-state index in [1.807, 2.05) is 54.6 Å². The Hall–Kier alpha value is -3.36. The molecule has 2 aromatic rings. The fourth-order valence-electron chi connectivity index (χ4n) is 7.97. The van der Waals surface area contributed by atoms with Gasteiger partial charge in [0.1, 0.15) is 6.10 Å². The SMILES string of the molecule is CC[C@@H](C)/C=C(\C)C[C@@H](C)C[C@@H](C)/C=C/C=C/C=C/C(=O)N[C@@H](CO[Si](c1ccccc1)(c1ccccc1)C(C)(C)C)C[C@@]1(O)C(=O)CC[C@@H]2O[C@@H]21. The Kier molecular flexibility index (Phi) is 14.8. The predicted octanol–water partition coefficient (Wildman–Crippen LogP) is 8.01. The average molecular weight is 726 g/mol. The Morgan fingerprint density at radius 1 is 1.00 bits per heavy atom. The van der Waals surface area contributed by atoms with E-state index in [4.69, 9.17) is 9.16 Å². The maximum atomic E-state index is 13.4. The van der Waals surface area contributed by atoms with E-state index >= 15 is 0 Å². The standard InChI is InChI=1S/C45H63NO5Si/c1-9-33(2)28-35(4)30-36(5)29-34(3)20-14-10-11-19-25-42(48)46-37(31-45(49)41(47)27-26-40-43(45)51-40)32-50-52(44(6,7)8,38-21-15-12-16-22-38)39-23-17-13-18-24-39/h10-25,28,33-34,36-37,40,43,49H,9,26-27,29-32H2,1-8H3,(H,46,48)/b11-10+,20-14+,25-19+,35-28+/t33-,34+,36+,37-,40+,43+,45-/m1/s1. The van der Waals surface area contributed by atoms with Crippen LogP contribution in [0, 0.1) is 17.8 Å². The summed E-state index contributed by atoms with van der Waals surface area (Å²) in [5.41, 5.74) is -0.191. The molecule has 1 aliphatic carbocycles. The van der Waals surface area contributed by atoms with Crippen molar-refractivity contribution in [1.29, 1.82) is 0 Å². The van der Waals surface area contributed by atoms with Gasteiger partial charge in [0.25, 0.3) is 8.32 Å². The summed E-state index contributed by atoms with van der Waals surface area (Å²) < 4.78 is 12.9. The quantitative estimate of drug-likeness (QED) is 0.0535. The summed E-state index contributed by atoms with van der Waals surface area (Å²) in [5, 5.41) is 16.8. The monoisotopic (exact) mass is 725 g/mol. The molecule has 52 heavy (non-hydrogen) atoms. The average Bonchev–Trinajstić information content (AvgIpc) is 3.90. The number of hydrogen-bond acceptors (Lipinski definition) is 5. The van der Waals surface area contributed by atoms with Gasteiger partial charge in [0.05, 0.1) is 18.8 Å². The van der Waals surface area contributed by atoms with Gasteiger partial charge in [-0.15, -0.1) is 0 Å². The molecule has 2 aromatic carbocycles. The molecule has 1 heterocycles. The lowest BCUT2D eigenvalue weighted by Gasteiger charge is -2.44. The Bertz CT molecular complexity index is 1540. The number of carbonyl (C=O) groups is 2. The number of allylic oxidation sites excluding steroid dienone is 7. The van der Waals surface area contributed by atoms with Crippen LogP contribution < -0.4 is 15.7 Å². The highest BCUT2D eigenvalue weighted by Crippen LogP contribution is 2.44. The van der Waals surface area contributed by atoms with E-state index in [1.165, 1.54) is 18.1 Å². The molecule has 0 radical (unpaired) electrons. The van der Waals surface area contributed by atoms with Gasteiger partial charge in [-0.1, -0.05) is 158 Å². The van der Waals surface area contributed by atoms with Crippen molar-refractivity contribution < 1.29 is 23.9 Å². The van der Waals surface area contributed by atoms with E-state index < -0.39 is 26.1 Å². The van der Waals surface area contributed by atoms with Crippen LogP contribution in [0.5, 0.6) is 0 Å². The number of benzene rings is 2. The number of aliphatic hydroxyl groups is 1. The van der Waals surface area contributed by atoms with Gasteiger partial charge < -0.3 is 19.6 Å². The zero-order chi connectivity index (χ0) is 37.9. The van der Waals surface area contributed by atoms with Crippen LogP contribution in [0.2, 0.25) is 5.04 Å². The lowest BCUT2D eigenvalue weighted by Crippen LogP contribution is -2.67. The highest BCUT2D eigenvalue weighted by molar-refractivity contribution is 6.99. The molecule has 7 atom stereocenters. The Labute approximate surface area is 314 Å². The zero-order valence-corrected chi connectivity index (χ0v) is 33.8. The van der Waals surface area contributed by atoms with Gasteiger partial charge in [0.15, 0.2) is 11.4 Å². The topological polar surface area (TPSA) is 88.2 Å². The number of Topliss-reactive ketones (excluding diaryl/α,β-unsaturated/α-hetero) is 1. The van der Waals surface area contributed by atoms with Crippen molar-refractivity contribution in [2.75, 3.05) is 6.61 Å². The minimum atomic E-state index is -2.94. The van der Waals surface area contributed by atoms with E-state index in [1.54, 1.807) is 6.08 Å². The molecular weight excluding hydrogens is 663 g/mol. The molecule has 2 N–H and O–H groups in total. The van der Waals surface area contributed by atoms with Crippen LogP contribution in [-0.2, 0) is 18.8 Å². The van der Waals surface area contributed by atoms with E-state index in [9.17, 15) is 14.7 Å². The van der Waals surface area contributed by atoms with E-state index in [-0.39, 0.29) is 42.3 Å². The molecule has 0 spiro atoms. The third-order valence-corrected chi connectivity index (χ3v) is 15.7. The first-order valence-electron chi connectivity index (χ1n) is 19.3. The molecule has 282 valence electrons. The summed E-state index contributed by atoms with van der Waals surface area (Å²) in [6, 6.07) is 20.0. The molecule has 1 amide bonds. The lowest BCUT2D eigenvalue weighted by atomic mass is 9.79. The fourth-order valence-corrected chi connectivity index (χ4v) is 12.6. The number of nitrogens with one attached hydrogen (secondary N) is 1. The fraction of sp³-hybridized carbons (Fsp3) is 0.511. The first-order chi connectivity index (χ1) is 24.7. The van der Waals surface area contributed by atoms with Gasteiger partial charge in [-0.05, 0) is 59.4 Å². The van der Waals surface area contributed by atoms with Crippen molar-refractivity contribution in [3.63, 3.8) is 0 Å². The summed E-state index contributed by atoms with van der Waals surface area (Å²) >= 11 is 0. The van der Waals surface area contributed by atoms with Crippen molar-refractivity contribution in [3.05, 3.63) is 109 Å². The van der Waals surface area contributed by atoms with Crippen molar-refractivity contribution in [3.8, 4) is 0 Å². The van der Waals surface area contributed by atoms with E-state index in [2.05, 4.69) is 97.1 Å². The summed E-state index contributed by atoms with van der Waals surface area (Å²) in [7, 11) is -2.94. The number of epoxide rings is 1. The van der Waals surface area contributed by atoms with E-state index in [0.29, 0.717) is 24.2 Å². The highest BCUT2D eigenvalue weighted by Gasteiger charge is 2.61. The smallest absolute Gasteiger partial charge is 0.261 e. The van der Waals surface area contributed by atoms with Crippen LogP contribution in [0.15, 0.2) is 109 Å². The Morgan fingerprint density at radius 3 is 2.21 bits per heavy atom. The number of hydrogen-bond donors (Lipinski definition) is 2. The minimum absolute atomic E-state index is 0.0205. The number of rotatable bonds is 18. The van der Waals surface area contributed by atoms with Gasteiger partial charge in [0, 0.05) is 18.9 Å². The molecule has 0 unspecified atom stereocenters. The molecular formula is C45H63NO5Si. The summed E-state index contributed by atoms with van der Waals surface area (Å²) in [4.78, 5) is 26.5. The van der Waals surface area contributed by atoms with Gasteiger partial charge in [-0.2, -0.15) is 0 Å². The molecule has 1 saturated carbocycles. The molecule has 1 aliphatic heterocycles. The first kappa shape index (κ1) is 41.4. The Balaban J connectivity index is 1.46. The Morgan fingerprint density at radius 2 is 1.62 bits per heavy atom. The molecule has 4 rings (SSSR count). The third kappa shape index (κ3) is 10.8. The van der Waals surface area contributed by atoms with Crippen molar-refractivity contribution in [2.45, 2.75) is 123 Å². The maximum Gasteiger partial charge on any atom is 0.261 e. The lowest BCUT2D eigenvalue weighted by molar-refractivity contribution is -0.142. The maximum absolute atomic E-state index is 13.4. The van der Waals surface area contributed by atoms with Crippen LogP contribution in [0.1, 0.15) is 93.9 Å². The highest BCUT2D eigenvalue weighted by atomic mass is 28.4. The van der Waals surface area contributed by atoms with Crippen LogP contribution in [-0.4, -0.2) is 55.6 Å². The zero-order valence-electron chi connectivity index (χ0n) is 32.8. The first-order valence-corrected chi connectivity index (χ1v) is 21.3. The van der Waals surface area contributed by atoms with Gasteiger partial charge in [-0.3, -0.25) is 9.59 Å². The number of ether oxygens (including phenoxy) is 1. The molecule has 7 heteroatoms. The summed E-state index contributed by atoms with van der Waals surface area (Å²) in [5.74, 6) is 1.14. The number of fused-ring (bicyclic) bond motifs is 1. The summed E-state index contributed by atoms with van der Waals surface area (Å²) in [6.45, 7) is 18.0. The minimum Gasteiger partial charge on any atom is -0.405 e. The van der Waals surface area contributed by atoms with Crippen LogP contribution >= 0.6 is 0 Å². The molecule has 2 aliphatic rings. The van der Waals surface area contributed by atoms with Crippen LogP contribution in [0.25, 0.3) is 0 Å². The second-order valence-electron chi connectivity index (χ2n) is 16.4. The third-order valence-electron chi connectivity index (χ3n) is 10.7. The largest absolute Gasteiger partial charge is 0.405 e. The van der Waals surface area contributed by atoms with Crippen molar-refractivity contribution in [2.24, 2.45) is 17.8 Å². The second-order valence-corrected chi connectivity index (χ2v) is 20.7. The van der Waals surface area contributed by atoms with Gasteiger partial charge in [0.2, 0.25) is 5.91 Å². The molecule has 0 bridgehead atoms. The predicted molar refractivity (Wildman–Crippen MR) is 216 cm³/mol. The molecule has 2 fully saturated rings. The van der Waals surface area contributed by atoms with Gasteiger partial charge >= 0.3 is 0 Å². The van der Waals surface area contributed by atoms with Crippen LogP contribution in [0.4, 0.5) is 0 Å². The normalized spacial score (nSPS) is 23.5. The number of ketones is 1. The van der Waals surface area contributed by atoms with Crippen LogP contribution in [0.3, 0.4) is 0 Å². The van der Waals surface area contributed by atoms with Crippen molar-refractivity contribution in [1.82, 2.24) is 5.32 Å². The molecule has 0 aromatic heterocycles. The number of carbonyl (C=O) groups excluding carboxylic acids is 2. The van der Waals surface area contributed by atoms with E-state index in [0.717, 1.165) is 23.2 Å². The molecule has 6 nitrogen and oxygen atoms in total.